The summed E-state index contributed by atoms with van der Waals surface area (Å²) in [5.41, 5.74) is 2.33. The van der Waals surface area contributed by atoms with Crippen molar-refractivity contribution < 1.29 is 14.6 Å². The van der Waals surface area contributed by atoms with Gasteiger partial charge in [-0.05, 0) is 42.2 Å². The first-order valence-corrected chi connectivity index (χ1v) is 8.58. The van der Waals surface area contributed by atoms with Crippen LogP contribution in [0.25, 0.3) is 0 Å². The van der Waals surface area contributed by atoms with Gasteiger partial charge < -0.3 is 19.1 Å². The molecule has 1 aromatic heterocycles. The number of para-hydroxylation sites is 1. The number of rotatable bonds is 9. The maximum absolute atomic E-state index is 10.1. The van der Waals surface area contributed by atoms with Crippen molar-refractivity contribution >= 4 is 0 Å². The fourth-order valence-corrected chi connectivity index (χ4v) is 2.76. The van der Waals surface area contributed by atoms with Crippen molar-refractivity contribution in [2.45, 2.75) is 25.5 Å². The smallest absolute Gasteiger partial charge is 0.122 e. The van der Waals surface area contributed by atoms with E-state index in [1.165, 1.54) is 5.56 Å². The number of nitrogens with zero attached hydrogens (tertiary/aromatic N) is 3. The first-order chi connectivity index (χ1) is 12.7. The Bertz CT molecular complexity index is 806. The molecule has 0 aliphatic carbocycles. The Labute approximate surface area is 153 Å². The summed E-state index contributed by atoms with van der Waals surface area (Å²) in [5, 5.41) is 17.6. The van der Waals surface area contributed by atoms with Crippen LogP contribution in [0, 0.1) is 0 Å². The topological polar surface area (TPSA) is 69.4 Å². The molecule has 0 bridgehead atoms. The SMILES string of the molecule is COc1cccc(CCc2ccccc2OCC(O)Cn2cnnc2)c1. The van der Waals surface area contributed by atoms with Crippen LogP contribution in [0.5, 0.6) is 11.5 Å². The molecule has 0 radical (unpaired) electrons. The maximum Gasteiger partial charge on any atom is 0.122 e. The molecule has 0 saturated carbocycles. The monoisotopic (exact) mass is 353 g/mol. The lowest BCUT2D eigenvalue weighted by atomic mass is 10.0. The van der Waals surface area contributed by atoms with Crippen molar-refractivity contribution in [1.29, 1.82) is 0 Å². The van der Waals surface area contributed by atoms with Gasteiger partial charge in [-0.25, -0.2) is 0 Å². The molecule has 0 aliphatic heterocycles. The van der Waals surface area contributed by atoms with Crippen LogP contribution in [-0.4, -0.2) is 39.7 Å². The second-order valence-corrected chi connectivity index (χ2v) is 6.08. The summed E-state index contributed by atoms with van der Waals surface area (Å²) in [6, 6.07) is 16.0. The van der Waals surface area contributed by atoms with Crippen LogP contribution < -0.4 is 9.47 Å². The fraction of sp³-hybridized carbons (Fsp3) is 0.300. The van der Waals surface area contributed by atoms with E-state index in [-0.39, 0.29) is 6.61 Å². The Morgan fingerprint density at radius 3 is 2.65 bits per heavy atom. The molecule has 0 saturated heterocycles. The van der Waals surface area contributed by atoms with E-state index in [0.717, 1.165) is 29.9 Å². The van der Waals surface area contributed by atoms with Crippen LogP contribution in [0.4, 0.5) is 0 Å². The molecule has 2 aromatic carbocycles. The molecule has 0 aliphatic rings. The van der Waals surface area contributed by atoms with Crippen molar-refractivity contribution in [3.8, 4) is 11.5 Å². The van der Waals surface area contributed by atoms with E-state index in [4.69, 9.17) is 9.47 Å². The number of aromatic nitrogens is 3. The first-order valence-electron chi connectivity index (χ1n) is 8.58. The van der Waals surface area contributed by atoms with Crippen LogP contribution in [0.15, 0.2) is 61.2 Å². The number of aliphatic hydroxyl groups excluding tert-OH is 1. The Kier molecular flexibility index (Phi) is 6.22. The quantitative estimate of drug-likeness (QED) is 0.640. The highest BCUT2D eigenvalue weighted by atomic mass is 16.5. The number of methoxy groups -OCH3 is 1. The van der Waals surface area contributed by atoms with Gasteiger partial charge >= 0.3 is 0 Å². The predicted octanol–water partition coefficient (Wildman–Crippen LogP) is 2.51. The molecule has 1 atom stereocenters. The van der Waals surface area contributed by atoms with Gasteiger partial charge in [0.1, 0.15) is 36.9 Å². The molecule has 0 amide bonds. The molecule has 0 spiro atoms. The van der Waals surface area contributed by atoms with Gasteiger partial charge in [-0.15, -0.1) is 10.2 Å². The van der Waals surface area contributed by atoms with Crippen molar-refractivity contribution in [2.75, 3.05) is 13.7 Å². The average molecular weight is 353 g/mol. The zero-order valence-corrected chi connectivity index (χ0v) is 14.8. The first kappa shape index (κ1) is 17.9. The molecule has 1 N–H and O–H groups in total. The number of aliphatic hydroxyl groups is 1. The van der Waals surface area contributed by atoms with Gasteiger partial charge in [0.25, 0.3) is 0 Å². The highest BCUT2D eigenvalue weighted by Crippen LogP contribution is 2.21. The van der Waals surface area contributed by atoms with Gasteiger partial charge in [0, 0.05) is 0 Å². The third kappa shape index (κ3) is 5.07. The summed E-state index contributed by atoms with van der Waals surface area (Å²) in [4.78, 5) is 0. The lowest BCUT2D eigenvalue weighted by Gasteiger charge is -2.15. The minimum absolute atomic E-state index is 0.217. The summed E-state index contributed by atoms with van der Waals surface area (Å²) in [7, 11) is 1.67. The molecule has 3 rings (SSSR count). The van der Waals surface area contributed by atoms with Crippen LogP contribution in [-0.2, 0) is 19.4 Å². The van der Waals surface area contributed by atoms with E-state index in [0.29, 0.717) is 6.54 Å². The normalized spacial score (nSPS) is 11.9. The van der Waals surface area contributed by atoms with E-state index in [1.807, 2.05) is 36.4 Å². The number of ether oxygens (including phenoxy) is 2. The summed E-state index contributed by atoms with van der Waals surface area (Å²) in [6.07, 6.45) is 4.26. The van der Waals surface area contributed by atoms with E-state index in [2.05, 4.69) is 22.3 Å². The van der Waals surface area contributed by atoms with E-state index in [1.54, 1.807) is 24.3 Å². The average Bonchev–Trinajstić information content (AvgIpc) is 3.18. The third-order valence-corrected chi connectivity index (χ3v) is 4.11. The van der Waals surface area contributed by atoms with E-state index < -0.39 is 6.10 Å². The molecule has 6 nitrogen and oxygen atoms in total. The van der Waals surface area contributed by atoms with Crippen molar-refractivity contribution in [2.24, 2.45) is 0 Å². The highest BCUT2D eigenvalue weighted by Gasteiger charge is 2.09. The molecule has 1 heterocycles. The molecule has 26 heavy (non-hydrogen) atoms. The Hall–Kier alpha value is -2.86. The molecule has 3 aromatic rings. The summed E-state index contributed by atoms with van der Waals surface area (Å²) < 4.78 is 12.9. The van der Waals surface area contributed by atoms with Gasteiger partial charge in [0.2, 0.25) is 0 Å². The minimum Gasteiger partial charge on any atom is -0.497 e. The predicted molar refractivity (Wildman–Crippen MR) is 98.4 cm³/mol. The lowest BCUT2D eigenvalue weighted by molar-refractivity contribution is 0.0919. The summed E-state index contributed by atoms with van der Waals surface area (Å²) in [5.74, 6) is 1.67. The van der Waals surface area contributed by atoms with E-state index in [9.17, 15) is 5.11 Å². The second kappa shape index (κ2) is 9.01. The number of hydrogen-bond donors (Lipinski definition) is 1. The molecule has 0 fully saturated rings. The summed E-state index contributed by atoms with van der Waals surface area (Å²) >= 11 is 0. The van der Waals surface area contributed by atoms with Gasteiger partial charge in [-0.2, -0.15) is 0 Å². The van der Waals surface area contributed by atoms with Crippen LogP contribution in [0.1, 0.15) is 11.1 Å². The number of hydrogen-bond acceptors (Lipinski definition) is 5. The lowest BCUT2D eigenvalue weighted by Crippen LogP contribution is -2.23. The molecule has 1 unspecified atom stereocenters. The molecular weight excluding hydrogens is 330 g/mol. The Balaban J connectivity index is 1.57. The van der Waals surface area contributed by atoms with Crippen LogP contribution in [0.3, 0.4) is 0 Å². The van der Waals surface area contributed by atoms with Crippen LogP contribution in [0.2, 0.25) is 0 Å². The van der Waals surface area contributed by atoms with Gasteiger partial charge in [0.15, 0.2) is 0 Å². The molecular formula is C20H23N3O3. The summed E-state index contributed by atoms with van der Waals surface area (Å²) in [6.45, 7) is 0.618. The zero-order valence-electron chi connectivity index (χ0n) is 14.8. The van der Waals surface area contributed by atoms with Gasteiger partial charge in [-0.1, -0.05) is 30.3 Å². The van der Waals surface area contributed by atoms with Gasteiger partial charge in [0.05, 0.1) is 13.7 Å². The van der Waals surface area contributed by atoms with Crippen molar-refractivity contribution in [3.63, 3.8) is 0 Å². The zero-order chi connectivity index (χ0) is 18.2. The number of aryl methyl sites for hydroxylation is 2. The highest BCUT2D eigenvalue weighted by molar-refractivity contribution is 5.35. The standard InChI is InChI=1S/C20H23N3O3/c1-25-19-7-4-5-16(11-19)9-10-17-6-2-3-8-20(17)26-13-18(24)12-23-14-21-22-15-23/h2-8,11,14-15,18,24H,9-10,12-13H2,1H3. The molecule has 136 valence electrons. The van der Waals surface area contributed by atoms with Crippen molar-refractivity contribution in [1.82, 2.24) is 14.8 Å². The minimum atomic E-state index is -0.627. The maximum atomic E-state index is 10.1. The molecule has 6 heteroatoms. The second-order valence-electron chi connectivity index (χ2n) is 6.08. The fourth-order valence-electron chi connectivity index (χ4n) is 2.76. The largest absolute Gasteiger partial charge is 0.497 e. The number of benzene rings is 2. The van der Waals surface area contributed by atoms with E-state index >= 15 is 0 Å². The van der Waals surface area contributed by atoms with Gasteiger partial charge in [-0.3, -0.25) is 0 Å². The Morgan fingerprint density at radius 1 is 1.04 bits per heavy atom. The Morgan fingerprint density at radius 2 is 1.85 bits per heavy atom. The van der Waals surface area contributed by atoms with Crippen molar-refractivity contribution in [3.05, 3.63) is 72.3 Å². The third-order valence-electron chi connectivity index (χ3n) is 4.11. The van der Waals surface area contributed by atoms with Crippen LogP contribution >= 0.6 is 0 Å².